The van der Waals surface area contributed by atoms with Gasteiger partial charge in [-0.25, -0.2) is 9.69 Å². The Labute approximate surface area is 220 Å². The van der Waals surface area contributed by atoms with Crippen LogP contribution in [0.15, 0.2) is 76.9 Å². The minimum absolute atomic E-state index is 0.00124. The van der Waals surface area contributed by atoms with Crippen LogP contribution in [-0.4, -0.2) is 34.2 Å². The number of imide groups is 1. The number of rotatable bonds is 8. The largest absolute Gasteiger partial charge is 0.488 e. The molecule has 10 nitrogen and oxygen atoms in total. The second-order valence-corrected chi connectivity index (χ2v) is 9.05. The molecule has 1 saturated heterocycles. The summed E-state index contributed by atoms with van der Waals surface area (Å²) >= 11 is 3.43. The SMILES string of the molecule is Cc1cccc(NC(=O)CN2C(=O)N/C(=C/c3ccc(OCc4ccc([N+](=O)[O-])cc4)c(Br)c3)C2=O)c1. The number of carbonyl (C=O) groups is 3. The minimum atomic E-state index is -0.683. The molecule has 11 heteroatoms. The molecule has 2 N–H and O–H groups in total. The van der Waals surface area contributed by atoms with Gasteiger partial charge in [-0.15, -0.1) is 0 Å². The Morgan fingerprint density at radius 3 is 2.57 bits per heavy atom. The smallest absolute Gasteiger partial charge is 0.329 e. The maximum atomic E-state index is 12.8. The first-order valence-corrected chi connectivity index (χ1v) is 11.9. The lowest BCUT2D eigenvalue weighted by atomic mass is 10.2. The summed E-state index contributed by atoms with van der Waals surface area (Å²) in [5, 5.41) is 15.9. The summed E-state index contributed by atoms with van der Waals surface area (Å²) in [4.78, 5) is 48.6. The molecular formula is C26H21BrN4O6. The molecule has 0 aromatic heterocycles. The lowest BCUT2D eigenvalue weighted by molar-refractivity contribution is -0.384. The van der Waals surface area contributed by atoms with Gasteiger partial charge in [0, 0.05) is 17.8 Å². The Kier molecular flexibility index (Phi) is 7.63. The standard InChI is InChI=1S/C26H21BrN4O6/c1-16-3-2-4-19(11-16)28-24(32)14-30-25(33)22(29-26(30)34)13-18-7-10-23(21(27)12-18)37-15-17-5-8-20(9-6-17)31(35)36/h2-13H,14-15H2,1H3,(H,28,32)(H,29,34)/b22-13+. The van der Waals surface area contributed by atoms with Crippen molar-refractivity contribution in [1.82, 2.24) is 10.2 Å². The summed E-state index contributed by atoms with van der Waals surface area (Å²) in [5.41, 5.74) is 2.96. The third kappa shape index (κ3) is 6.39. The molecule has 1 fully saturated rings. The molecule has 0 saturated carbocycles. The lowest BCUT2D eigenvalue weighted by Gasteiger charge is -2.12. The number of anilines is 1. The van der Waals surface area contributed by atoms with Crippen LogP contribution in [0.2, 0.25) is 0 Å². The Morgan fingerprint density at radius 2 is 1.89 bits per heavy atom. The zero-order valence-corrected chi connectivity index (χ0v) is 21.2. The van der Waals surface area contributed by atoms with Crippen molar-refractivity contribution in [2.75, 3.05) is 11.9 Å². The van der Waals surface area contributed by atoms with E-state index in [9.17, 15) is 24.5 Å². The van der Waals surface area contributed by atoms with E-state index in [4.69, 9.17) is 4.74 Å². The fourth-order valence-corrected chi connectivity index (χ4v) is 4.06. The van der Waals surface area contributed by atoms with Crippen molar-refractivity contribution in [3.63, 3.8) is 0 Å². The van der Waals surface area contributed by atoms with Gasteiger partial charge in [-0.05, 0) is 82.0 Å². The van der Waals surface area contributed by atoms with E-state index in [1.807, 2.05) is 13.0 Å². The number of benzene rings is 3. The second kappa shape index (κ2) is 11.0. The maximum Gasteiger partial charge on any atom is 0.329 e. The van der Waals surface area contributed by atoms with E-state index in [2.05, 4.69) is 26.6 Å². The predicted octanol–water partition coefficient (Wildman–Crippen LogP) is 4.78. The van der Waals surface area contributed by atoms with Gasteiger partial charge < -0.3 is 15.4 Å². The molecule has 3 aromatic carbocycles. The predicted molar refractivity (Wildman–Crippen MR) is 140 cm³/mol. The van der Waals surface area contributed by atoms with Crippen LogP contribution < -0.4 is 15.4 Å². The van der Waals surface area contributed by atoms with Crippen LogP contribution in [0.3, 0.4) is 0 Å². The van der Waals surface area contributed by atoms with Crippen LogP contribution in [0.5, 0.6) is 5.75 Å². The number of non-ortho nitro benzene ring substituents is 1. The van der Waals surface area contributed by atoms with Crippen LogP contribution >= 0.6 is 15.9 Å². The van der Waals surface area contributed by atoms with Gasteiger partial charge in [0.2, 0.25) is 5.91 Å². The molecule has 0 unspecified atom stereocenters. The zero-order valence-electron chi connectivity index (χ0n) is 19.6. The Hall–Kier alpha value is -4.51. The molecule has 188 valence electrons. The first-order valence-electron chi connectivity index (χ1n) is 11.1. The van der Waals surface area contributed by atoms with Crippen LogP contribution in [0.1, 0.15) is 16.7 Å². The fraction of sp³-hybridized carbons (Fsp3) is 0.115. The van der Waals surface area contributed by atoms with Crippen molar-refractivity contribution in [2.24, 2.45) is 0 Å². The first kappa shape index (κ1) is 25.6. The number of aryl methyl sites for hydroxylation is 1. The van der Waals surface area contributed by atoms with Crippen LogP contribution in [0, 0.1) is 17.0 Å². The third-order valence-electron chi connectivity index (χ3n) is 5.37. The van der Waals surface area contributed by atoms with Crippen molar-refractivity contribution in [3.8, 4) is 5.75 Å². The van der Waals surface area contributed by atoms with Crippen molar-refractivity contribution >= 4 is 51.2 Å². The molecule has 0 bridgehead atoms. The molecule has 1 aliphatic heterocycles. The number of amides is 4. The summed E-state index contributed by atoms with van der Waals surface area (Å²) in [6.45, 7) is 1.67. The molecule has 3 aromatic rings. The second-order valence-electron chi connectivity index (χ2n) is 8.20. The molecule has 0 spiro atoms. The maximum absolute atomic E-state index is 12.8. The van der Waals surface area contributed by atoms with Crippen molar-refractivity contribution in [3.05, 3.63) is 104 Å². The van der Waals surface area contributed by atoms with E-state index in [1.165, 1.54) is 18.2 Å². The highest BCUT2D eigenvalue weighted by atomic mass is 79.9. The molecule has 0 aliphatic carbocycles. The highest BCUT2D eigenvalue weighted by molar-refractivity contribution is 9.10. The van der Waals surface area contributed by atoms with Gasteiger partial charge >= 0.3 is 6.03 Å². The highest BCUT2D eigenvalue weighted by Crippen LogP contribution is 2.28. The van der Waals surface area contributed by atoms with Crippen LogP contribution in [0.25, 0.3) is 6.08 Å². The molecule has 4 rings (SSSR count). The van der Waals surface area contributed by atoms with Gasteiger partial charge in [-0.1, -0.05) is 18.2 Å². The minimum Gasteiger partial charge on any atom is -0.488 e. The third-order valence-corrected chi connectivity index (χ3v) is 5.99. The van der Waals surface area contributed by atoms with Crippen molar-refractivity contribution < 1.29 is 24.0 Å². The van der Waals surface area contributed by atoms with Crippen LogP contribution in [0.4, 0.5) is 16.2 Å². The molecule has 4 amide bonds. The number of carbonyl (C=O) groups excluding carboxylic acids is 3. The summed E-state index contributed by atoms with van der Waals surface area (Å²) < 4.78 is 6.38. The summed E-state index contributed by atoms with van der Waals surface area (Å²) in [5.74, 6) is -0.580. The average molecular weight is 565 g/mol. The van der Waals surface area contributed by atoms with Gasteiger partial charge in [0.25, 0.3) is 11.6 Å². The number of nitrogens with one attached hydrogen (secondary N) is 2. The van der Waals surface area contributed by atoms with E-state index >= 15 is 0 Å². The Balaban J connectivity index is 1.38. The summed E-state index contributed by atoms with van der Waals surface area (Å²) in [7, 11) is 0. The first-order chi connectivity index (χ1) is 17.7. The Morgan fingerprint density at radius 1 is 1.14 bits per heavy atom. The van der Waals surface area contributed by atoms with Gasteiger partial charge in [0.15, 0.2) is 0 Å². The number of halogens is 1. The van der Waals surface area contributed by atoms with E-state index in [1.54, 1.807) is 48.5 Å². The number of nitro groups is 1. The average Bonchev–Trinajstić information content (AvgIpc) is 3.11. The van der Waals surface area contributed by atoms with E-state index in [-0.39, 0.29) is 18.0 Å². The monoisotopic (exact) mass is 564 g/mol. The fourth-order valence-electron chi connectivity index (χ4n) is 3.55. The zero-order chi connectivity index (χ0) is 26.5. The van der Waals surface area contributed by atoms with Crippen molar-refractivity contribution in [1.29, 1.82) is 0 Å². The number of ether oxygens (including phenoxy) is 1. The van der Waals surface area contributed by atoms with Gasteiger partial charge in [0.05, 0.1) is 9.40 Å². The van der Waals surface area contributed by atoms with Gasteiger partial charge in [0.1, 0.15) is 24.6 Å². The summed E-state index contributed by atoms with van der Waals surface area (Å²) in [6.07, 6.45) is 1.50. The molecule has 0 atom stereocenters. The number of hydrogen-bond donors (Lipinski definition) is 2. The topological polar surface area (TPSA) is 131 Å². The quantitative estimate of drug-likeness (QED) is 0.175. The number of nitro benzene ring substituents is 1. The molecule has 1 aliphatic rings. The van der Waals surface area contributed by atoms with Gasteiger partial charge in [-0.2, -0.15) is 0 Å². The number of hydrogen-bond acceptors (Lipinski definition) is 6. The molecule has 1 heterocycles. The van der Waals surface area contributed by atoms with Crippen LogP contribution in [-0.2, 0) is 16.2 Å². The number of nitrogens with zero attached hydrogens (tertiary/aromatic N) is 2. The summed E-state index contributed by atoms with van der Waals surface area (Å²) in [6, 6.07) is 17.7. The lowest BCUT2D eigenvalue weighted by Crippen LogP contribution is -2.38. The highest BCUT2D eigenvalue weighted by Gasteiger charge is 2.35. The van der Waals surface area contributed by atoms with E-state index in [0.717, 1.165) is 16.0 Å². The number of urea groups is 1. The molecule has 37 heavy (non-hydrogen) atoms. The van der Waals surface area contributed by atoms with Crippen molar-refractivity contribution in [2.45, 2.75) is 13.5 Å². The van der Waals surface area contributed by atoms with E-state index < -0.39 is 29.3 Å². The van der Waals surface area contributed by atoms with E-state index in [0.29, 0.717) is 21.5 Å². The van der Waals surface area contributed by atoms with Gasteiger partial charge in [-0.3, -0.25) is 19.7 Å². The Bertz CT molecular complexity index is 1420. The molecular weight excluding hydrogens is 544 g/mol. The normalized spacial score (nSPS) is 14.0. The molecule has 0 radical (unpaired) electrons.